The van der Waals surface area contributed by atoms with Crippen molar-refractivity contribution in [2.24, 2.45) is 4.99 Å². The van der Waals surface area contributed by atoms with Crippen LogP contribution in [0.5, 0.6) is 0 Å². The van der Waals surface area contributed by atoms with Gasteiger partial charge < -0.3 is 14.2 Å². The molecule has 0 aliphatic carbocycles. The van der Waals surface area contributed by atoms with Crippen molar-refractivity contribution in [3.05, 3.63) is 0 Å². The van der Waals surface area contributed by atoms with E-state index < -0.39 is 6.09 Å². The van der Waals surface area contributed by atoms with Crippen molar-refractivity contribution in [1.29, 1.82) is 0 Å². The molecule has 0 aliphatic rings. The number of hydrogen-bond acceptors (Lipinski definition) is 4. The fourth-order valence-electron chi connectivity index (χ4n) is 0.774. The van der Waals surface area contributed by atoms with Gasteiger partial charge in [-0.3, -0.25) is 0 Å². The van der Waals surface area contributed by atoms with Crippen LogP contribution in [0.3, 0.4) is 0 Å². The summed E-state index contributed by atoms with van der Waals surface area (Å²) in [5.41, 5.74) is 0. The molecule has 14 heavy (non-hydrogen) atoms. The SMILES string of the molecule is CCOC(=O)N=C(CCOC)OCC. The zero-order chi connectivity index (χ0) is 10.8. The van der Waals surface area contributed by atoms with E-state index >= 15 is 0 Å². The highest BCUT2D eigenvalue weighted by Crippen LogP contribution is 1.94. The number of methoxy groups -OCH3 is 1. The summed E-state index contributed by atoms with van der Waals surface area (Å²) in [7, 11) is 1.58. The highest BCUT2D eigenvalue weighted by molar-refractivity contribution is 5.88. The van der Waals surface area contributed by atoms with E-state index in [2.05, 4.69) is 9.73 Å². The van der Waals surface area contributed by atoms with Crippen molar-refractivity contribution < 1.29 is 19.0 Å². The Morgan fingerprint density at radius 2 is 1.86 bits per heavy atom. The van der Waals surface area contributed by atoms with Crippen LogP contribution in [0.4, 0.5) is 4.79 Å². The standard InChI is InChI=1S/C9H17NO4/c1-4-13-8(6-7-12-3)10-9(11)14-5-2/h4-7H2,1-3H3. The van der Waals surface area contributed by atoms with Crippen LogP contribution < -0.4 is 0 Å². The van der Waals surface area contributed by atoms with E-state index in [1.165, 1.54) is 0 Å². The Kier molecular flexibility index (Phi) is 7.83. The average molecular weight is 203 g/mol. The summed E-state index contributed by atoms with van der Waals surface area (Å²) >= 11 is 0. The minimum Gasteiger partial charge on any atom is -0.481 e. The Balaban J connectivity index is 4.08. The summed E-state index contributed by atoms with van der Waals surface area (Å²) in [5, 5.41) is 0. The quantitative estimate of drug-likeness (QED) is 0.503. The van der Waals surface area contributed by atoms with Crippen LogP contribution in [0.25, 0.3) is 0 Å². The minimum absolute atomic E-state index is 0.312. The molecule has 0 saturated carbocycles. The predicted molar refractivity (Wildman–Crippen MR) is 52.6 cm³/mol. The molecule has 0 rings (SSSR count). The van der Waals surface area contributed by atoms with Gasteiger partial charge in [-0.2, -0.15) is 0 Å². The maximum Gasteiger partial charge on any atom is 0.436 e. The number of carbonyl (C=O) groups is 1. The van der Waals surface area contributed by atoms with E-state index in [0.29, 0.717) is 32.1 Å². The Morgan fingerprint density at radius 1 is 1.21 bits per heavy atom. The first kappa shape index (κ1) is 12.9. The molecule has 82 valence electrons. The normalized spacial score (nSPS) is 11.2. The number of ether oxygens (including phenoxy) is 3. The van der Waals surface area contributed by atoms with Crippen molar-refractivity contribution in [1.82, 2.24) is 0 Å². The molecule has 5 nitrogen and oxygen atoms in total. The third-order valence-corrected chi connectivity index (χ3v) is 1.31. The van der Waals surface area contributed by atoms with Gasteiger partial charge in [0.15, 0.2) is 5.90 Å². The molecule has 0 heterocycles. The van der Waals surface area contributed by atoms with Gasteiger partial charge in [-0.1, -0.05) is 0 Å². The van der Waals surface area contributed by atoms with Gasteiger partial charge >= 0.3 is 6.09 Å². The van der Waals surface area contributed by atoms with Crippen LogP contribution >= 0.6 is 0 Å². The summed E-state index contributed by atoms with van der Waals surface area (Å²) in [6.07, 6.45) is -0.143. The Bertz CT molecular complexity index is 191. The van der Waals surface area contributed by atoms with Gasteiger partial charge in [0.2, 0.25) is 0 Å². The Hall–Kier alpha value is -1.10. The van der Waals surface area contributed by atoms with E-state index in [1.807, 2.05) is 6.92 Å². The van der Waals surface area contributed by atoms with Crippen LogP contribution in [0.2, 0.25) is 0 Å². The lowest BCUT2D eigenvalue weighted by molar-refractivity contribution is 0.161. The van der Waals surface area contributed by atoms with E-state index in [4.69, 9.17) is 9.47 Å². The molecule has 0 radical (unpaired) electrons. The molecule has 0 unspecified atom stereocenters. The second kappa shape index (κ2) is 8.50. The molecular weight excluding hydrogens is 186 g/mol. The van der Waals surface area contributed by atoms with Crippen molar-refractivity contribution in [2.45, 2.75) is 20.3 Å². The number of aliphatic imine (C=N–C) groups is 1. The number of nitrogens with zero attached hydrogens (tertiary/aromatic N) is 1. The van der Waals surface area contributed by atoms with Crippen LogP contribution in [0, 0.1) is 0 Å². The van der Waals surface area contributed by atoms with Gasteiger partial charge in [-0.05, 0) is 13.8 Å². The molecule has 0 N–H and O–H groups in total. The minimum atomic E-state index is -0.618. The van der Waals surface area contributed by atoms with Gasteiger partial charge in [-0.15, -0.1) is 4.99 Å². The Labute approximate surface area is 84.1 Å². The van der Waals surface area contributed by atoms with Gasteiger partial charge in [0.05, 0.1) is 19.8 Å². The van der Waals surface area contributed by atoms with Crippen LogP contribution in [-0.2, 0) is 14.2 Å². The first-order valence-electron chi connectivity index (χ1n) is 4.60. The molecule has 0 atom stereocenters. The molecule has 0 bridgehead atoms. The van der Waals surface area contributed by atoms with Crippen molar-refractivity contribution in [3.8, 4) is 0 Å². The highest BCUT2D eigenvalue weighted by Gasteiger charge is 2.04. The molecule has 5 heteroatoms. The average Bonchev–Trinajstić information content (AvgIpc) is 2.15. The third kappa shape index (κ3) is 6.42. The van der Waals surface area contributed by atoms with Gasteiger partial charge in [0, 0.05) is 13.5 Å². The van der Waals surface area contributed by atoms with Crippen LogP contribution in [-0.4, -0.2) is 38.9 Å². The zero-order valence-corrected chi connectivity index (χ0v) is 8.91. The lowest BCUT2D eigenvalue weighted by Crippen LogP contribution is -2.11. The van der Waals surface area contributed by atoms with E-state index in [0.717, 1.165) is 0 Å². The van der Waals surface area contributed by atoms with Crippen LogP contribution in [0.1, 0.15) is 20.3 Å². The zero-order valence-electron chi connectivity index (χ0n) is 8.91. The van der Waals surface area contributed by atoms with E-state index in [1.54, 1.807) is 14.0 Å². The molecule has 1 amide bonds. The van der Waals surface area contributed by atoms with Gasteiger partial charge in [-0.25, -0.2) is 4.79 Å². The highest BCUT2D eigenvalue weighted by atomic mass is 16.6. The summed E-state index contributed by atoms with van der Waals surface area (Å²) in [5.74, 6) is 0.354. The summed E-state index contributed by atoms with van der Waals surface area (Å²) in [6.45, 7) is 4.81. The Morgan fingerprint density at radius 3 is 2.36 bits per heavy atom. The van der Waals surface area contributed by atoms with Gasteiger partial charge in [0.25, 0.3) is 0 Å². The molecule has 0 fully saturated rings. The molecular formula is C9H17NO4. The fraction of sp³-hybridized carbons (Fsp3) is 0.778. The lowest BCUT2D eigenvalue weighted by atomic mass is 10.4. The summed E-state index contributed by atoms with van der Waals surface area (Å²) in [4.78, 5) is 14.6. The molecule has 0 saturated heterocycles. The number of carbonyl (C=O) groups excluding carboxylic acids is 1. The summed E-state index contributed by atoms with van der Waals surface area (Å²) in [6, 6.07) is 0. The van der Waals surface area contributed by atoms with Gasteiger partial charge in [0.1, 0.15) is 0 Å². The van der Waals surface area contributed by atoms with Crippen molar-refractivity contribution in [2.75, 3.05) is 26.9 Å². The molecule has 0 spiro atoms. The van der Waals surface area contributed by atoms with E-state index in [-0.39, 0.29) is 0 Å². The van der Waals surface area contributed by atoms with E-state index in [9.17, 15) is 4.79 Å². The first-order valence-corrected chi connectivity index (χ1v) is 4.60. The fourth-order valence-corrected chi connectivity index (χ4v) is 0.774. The second-order valence-electron chi connectivity index (χ2n) is 2.38. The molecule has 0 aromatic carbocycles. The monoisotopic (exact) mass is 203 g/mol. The maximum atomic E-state index is 11.0. The maximum absolute atomic E-state index is 11.0. The van der Waals surface area contributed by atoms with Crippen molar-refractivity contribution in [3.63, 3.8) is 0 Å². The van der Waals surface area contributed by atoms with Crippen molar-refractivity contribution >= 4 is 12.0 Å². The first-order chi connectivity index (χ1) is 6.74. The second-order valence-corrected chi connectivity index (χ2v) is 2.38. The largest absolute Gasteiger partial charge is 0.481 e. The number of rotatable bonds is 5. The molecule has 0 aromatic heterocycles. The topological polar surface area (TPSA) is 57.1 Å². The molecule has 0 aromatic rings. The summed E-state index contributed by atoms with van der Waals surface area (Å²) < 4.78 is 14.6. The predicted octanol–water partition coefficient (Wildman–Crippen LogP) is 1.61. The molecule has 0 aliphatic heterocycles. The third-order valence-electron chi connectivity index (χ3n) is 1.31. The van der Waals surface area contributed by atoms with Crippen LogP contribution in [0.15, 0.2) is 4.99 Å². The number of amides is 1. The lowest BCUT2D eigenvalue weighted by Gasteiger charge is -2.05. The number of hydrogen-bond donors (Lipinski definition) is 0. The smallest absolute Gasteiger partial charge is 0.436 e.